The number of H-pyrrole nitrogens is 1. The van der Waals surface area contributed by atoms with Crippen molar-refractivity contribution in [2.24, 2.45) is 0 Å². The van der Waals surface area contributed by atoms with Crippen LogP contribution < -0.4 is 11.2 Å². The van der Waals surface area contributed by atoms with Gasteiger partial charge in [-0.25, -0.2) is 4.79 Å². The number of hydrogen-bond donors (Lipinski definition) is 1. The molecule has 1 heterocycles. The highest BCUT2D eigenvalue weighted by Gasteiger charge is 2.11. The maximum atomic E-state index is 12.1. The van der Waals surface area contributed by atoms with Crippen molar-refractivity contribution in [3.8, 4) is 0 Å². The van der Waals surface area contributed by atoms with Crippen LogP contribution in [0.4, 0.5) is 0 Å². The summed E-state index contributed by atoms with van der Waals surface area (Å²) < 4.78 is 6.37. The number of halogens is 1. The van der Waals surface area contributed by atoms with Crippen molar-refractivity contribution in [2.75, 3.05) is 13.2 Å². The lowest BCUT2D eigenvalue weighted by atomic mass is 10.2. The van der Waals surface area contributed by atoms with Gasteiger partial charge in [-0.15, -0.1) is 0 Å². The molecule has 1 aromatic rings. The lowest BCUT2D eigenvalue weighted by Crippen LogP contribution is -2.37. The summed E-state index contributed by atoms with van der Waals surface area (Å²) in [6.07, 6.45) is 2.00. The van der Waals surface area contributed by atoms with E-state index in [9.17, 15) is 9.59 Å². The molecule has 1 N–H and O–H groups in total. The standard InChI is InChI=1S/C12H19ClN2O3/c1-3-6-9-10(13)14-12(17)15(11(9)16)7-5-8-18-4-2/h3-8H2,1-2H3,(H,14,17). The lowest BCUT2D eigenvalue weighted by molar-refractivity contribution is 0.141. The van der Waals surface area contributed by atoms with Crippen molar-refractivity contribution in [3.05, 3.63) is 31.6 Å². The maximum Gasteiger partial charge on any atom is 0.329 e. The molecule has 0 unspecified atom stereocenters. The highest BCUT2D eigenvalue weighted by atomic mass is 35.5. The Hall–Kier alpha value is -1.07. The molecule has 0 aliphatic heterocycles. The molecule has 18 heavy (non-hydrogen) atoms. The molecule has 102 valence electrons. The third-order valence-corrected chi connectivity index (χ3v) is 2.93. The Bertz CT molecular complexity index is 493. The van der Waals surface area contributed by atoms with Gasteiger partial charge in [-0.05, 0) is 19.8 Å². The minimum atomic E-state index is -0.457. The normalized spacial score (nSPS) is 10.8. The van der Waals surface area contributed by atoms with Crippen molar-refractivity contribution in [1.82, 2.24) is 9.55 Å². The van der Waals surface area contributed by atoms with Gasteiger partial charge in [0.1, 0.15) is 5.15 Å². The number of rotatable bonds is 7. The molecule has 0 atom stereocenters. The van der Waals surface area contributed by atoms with E-state index in [1.807, 2.05) is 13.8 Å². The maximum absolute atomic E-state index is 12.1. The summed E-state index contributed by atoms with van der Waals surface area (Å²) in [6, 6.07) is 0. The van der Waals surface area contributed by atoms with E-state index in [0.717, 1.165) is 6.42 Å². The number of ether oxygens (including phenoxy) is 1. The molecule has 1 aromatic heterocycles. The fraction of sp³-hybridized carbons (Fsp3) is 0.667. The summed E-state index contributed by atoms with van der Waals surface area (Å²) >= 11 is 5.88. The fourth-order valence-corrected chi connectivity index (χ4v) is 1.98. The molecule has 0 amide bonds. The average Bonchev–Trinajstić information content (AvgIpc) is 2.33. The van der Waals surface area contributed by atoms with Gasteiger partial charge in [0.25, 0.3) is 5.56 Å². The van der Waals surface area contributed by atoms with Crippen LogP contribution in [0.3, 0.4) is 0 Å². The van der Waals surface area contributed by atoms with Gasteiger partial charge in [0, 0.05) is 19.8 Å². The van der Waals surface area contributed by atoms with Crippen LogP contribution in [0, 0.1) is 0 Å². The third-order valence-electron chi connectivity index (χ3n) is 2.60. The van der Waals surface area contributed by atoms with Crippen LogP contribution in [-0.2, 0) is 17.7 Å². The van der Waals surface area contributed by atoms with Crippen molar-refractivity contribution >= 4 is 11.6 Å². The highest BCUT2D eigenvalue weighted by molar-refractivity contribution is 6.30. The molecule has 0 fully saturated rings. The van der Waals surface area contributed by atoms with Crippen LogP contribution in [0.5, 0.6) is 0 Å². The molecule has 0 radical (unpaired) electrons. The fourth-order valence-electron chi connectivity index (χ4n) is 1.72. The molecule has 1 rings (SSSR count). The second kappa shape index (κ2) is 7.38. The molecular weight excluding hydrogens is 256 g/mol. The molecule has 0 aromatic carbocycles. The average molecular weight is 275 g/mol. The zero-order valence-corrected chi connectivity index (χ0v) is 11.5. The van der Waals surface area contributed by atoms with Gasteiger partial charge in [0.15, 0.2) is 0 Å². The summed E-state index contributed by atoms with van der Waals surface area (Å²) in [6.45, 7) is 5.38. The predicted molar refractivity (Wildman–Crippen MR) is 71.4 cm³/mol. The van der Waals surface area contributed by atoms with Crippen molar-refractivity contribution in [1.29, 1.82) is 0 Å². The van der Waals surface area contributed by atoms with E-state index < -0.39 is 5.69 Å². The molecule has 0 saturated heterocycles. The van der Waals surface area contributed by atoms with Gasteiger partial charge >= 0.3 is 5.69 Å². The van der Waals surface area contributed by atoms with E-state index in [1.54, 1.807) is 0 Å². The van der Waals surface area contributed by atoms with Crippen LogP contribution in [0.25, 0.3) is 0 Å². The van der Waals surface area contributed by atoms with Crippen LogP contribution in [-0.4, -0.2) is 22.8 Å². The topological polar surface area (TPSA) is 64.1 Å². The summed E-state index contributed by atoms with van der Waals surface area (Å²) in [5.74, 6) is 0. The van der Waals surface area contributed by atoms with Crippen molar-refractivity contribution in [2.45, 2.75) is 39.7 Å². The Balaban J connectivity index is 2.93. The number of nitrogens with zero attached hydrogens (tertiary/aromatic N) is 1. The van der Waals surface area contributed by atoms with Crippen LogP contribution >= 0.6 is 11.6 Å². The molecule has 0 aliphatic carbocycles. The van der Waals surface area contributed by atoms with Crippen LogP contribution in [0.1, 0.15) is 32.3 Å². The van der Waals surface area contributed by atoms with E-state index in [1.165, 1.54) is 4.57 Å². The first-order chi connectivity index (χ1) is 8.61. The van der Waals surface area contributed by atoms with Gasteiger partial charge in [-0.1, -0.05) is 24.9 Å². The van der Waals surface area contributed by atoms with Crippen molar-refractivity contribution < 1.29 is 4.74 Å². The van der Waals surface area contributed by atoms with Gasteiger partial charge in [0.2, 0.25) is 0 Å². The first kappa shape index (κ1) is 15.0. The number of nitrogens with one attached hydrogen (secondary N) is 1. The van der Waals surface area contributed by atoms with E-state index >= 15 is 0 Å². The van der Waals surface area contributed by atoms with E-state index in [2.05, 4.69) is 4.98 Å². The molecule has 0 spiro atoms. The zero-order chi connectivity index (χ0) is 13.5. The van der Waals surface area contributed by atoms with Gasteiger partial charge < -0.3 is 4.74 Å². The first-order valence-electron chi connectivity index (χ1n) is 6.21. The van der Waals surface area contributed by atoms with Gasteiger partial charge in [0.05, 0.1) is 5.56 Å². The monoisotopic (exact) mass is 274 g/mol. The minimum absolute atomic E-state index is 0.160. The summed E-state index contributed by atoms with van der Waals surface area (Å²) in [4.78, 5) is 26.3. The number of aromatic amines is 1. The third kappa shape index (κ3) is 3.71. The van der Waals surface area contributed by atoms with E-state index in [4.69, 9.17) is 16.3 Å². The molecule has 6 heteroatoms. The SMILES string of the molecule is CCCc1c(Cl)[nH]c(=O)n(CCCOCC)c1=O. The second-order valence-electron chi connectivity index (χ2n) is 3.98. The predicted octanol–water partition coefficient (Wildman–Crippen LogP) is 1.57. The van der Waals surface area contributed by atoms with Crippen LogP contribution in [0.15, 0.2) is 9.59 Å². The molecule has 0 aliphatic rings. The molecule has 0 saturated carbocycles. The Labute approximate surface area is 111 Å². The molecular formula is C12H19ClN2O3. The Morgan fingerprint density at radius 3 is 2.67 bits per heavy atom. The van der Waals surface area contributed by atoms with Gasteiger partial charge in [-0.3, -0.25) is 14.3 Å². The second-order valence-corrected chi connectivity index (χ2v) is 4.36. The first-order valence-corrected chi connectivity index (χ1v) is 6.58. The zero-order valence-electron chi connectivity index (χ0n) is 10.8. The van der Waals surface area contributed by atoms with Crippen LogP contribution in [0.2, 0.25) is 5.15 Å². The Morgan fingerprint density at radius 1 is 1.33 bits per heavy atom. The van der Waals surface area contributed by atoms with E-state index in [0.29, 0.717) is 38.2 Å². The largest absolute Gasteiger partial charge is 0.382 e. The Morgan fingerprint density at radius 2 is 2.06 bits per heavy atom. The summed E-state index contributed by atoms with van der Waals surface area (Å²) in [7, 11) is 0. The van der Waals surface area contributed by atoms with Crippen molar-refractivity contribution in [3.63, 3.8) is 0 Å². The summed E-state index contributed by atoms with van der Waals surface area (Å²) in [5, 5.41) is 0.160. The lowest BCUT2D eigenvalue weighted by Gasteiger charge is -2.08. The smallest absolute Gasteiger partial charge is 0.329 e. The molecule has 0 bridgehead atoms. The Kier molecular flexibility index (Phi) is 6.15. The molecule has 5 nitrogen and oxygen atoms in total. The highest BCUT2D eigenvalue weighted by Crippen LogP contribution is 2.07. The quantitative estimate of drug-likeness (QED) is 0.606. The summed E-state index contributed by atoms with van der Waals surface area (Å²) in [5.41, 5.74) is -0.265. The number of aromatic nitrogens is 2. The van der Waals surface area contributed by atoms with E-state index in [-0.39, 0.29) is 10.7 Å². The minimum Gasteiger partial charge on any atom is -0.382 e. The number of hydrogen-bond acceptors (Lipinski definition) is 3. The van der Waals surface area contributed by atoms with Gasteiger partial charge in [-0.2, -0.15) is 0 Å².